The molecule has 18 heavy (non-hydrogen) atoms. The van der Waals surface area contributed by atoms with Crippen molar-refractivity contribution in [1.29, 1.82) is 0 Å². The SMILES string of the molecule is CC(C)CC(N)CNc1nccc2c1ncn2C. The maximum Gasteiger partial charge on any atom is 0.154 e. The number of hydrogen-bond acceptors (Lipinski definition) is 4. The number of aryl methyl sites for hydroxylation is 1. The molecule has 2 heterocycles. The molecule has 0 aliphatic carbocycles. The first-order chi connectivity index (χ1) is 8.58. The number of hydrogen-bond donors (Lipinski definition) is 2. The standard InChI is InChI=1S/C13H21N5/c1-9(2)6-10(14)7-16-13-12-11(4-5-15-13)18(3)8-17-12/h4-5,8-10H,6-7,14H2,1-3H3,(H,15,16). The number of fused-ring (bicyclic) bond motifs is 1. The molecule has 0 fully saturated rings. The number of pyridine rings is 1. The largest absolute Gasteiger partial charge is 0.367 e. The summed E-state index contributed by atoms with van der Waals surface area (Å²) in [5.74, 6) is 1.42. The van der Waals surface area contributed by atoms with Crippen LogP contribution in [0.2, 0.25) is 0 Å². The number of aromatic nitrogens is 3. The smallest absolute Gasteiger partial charge is 0.154 e. The lowest BCUT2D eigenvalue weighted by atomic mass is 10.0. The molecular formula is C13H21N5. The zero-order valence-electron chi connectivity index (χ0n) is 11.2. The number of nitrogens with two attached hydrogens (primary N) is 1. The Morgan fingerprint density at radius 2 is 2.17 bits per heavy atom. The van der Waals surface area contributed by atoms with Crippen molar-refractivity contribution >= 4 is 16.9 Å². The van der Waals surface area contributed by atoms with E-state index in [0.29, 0.717) is 5.92 Å². The molecule has 1 atom stereocenters. The van der Waals surface area contributed by atoms with E-state index in [9.17, 15) is 0 Å². The van der Waals surface area contributed by atoms with Crippen LogP contribution in [0.4, 0.5) is 5.82 Å². The second kappa shape index (κ2) is 5.35. The Labute approximate surface area is 107 Å². The monoisotopic (exact) mass is 247 g/mol. The number of imidazole rings is 1. The molecule has 0 spiro atoms. The van der Waals surface area contributed by atoms with Gasteiger partial charge < -0.3 is 15.6 Å². The van der Waals surface area contributed by atoms with Crippen LogP contribution in [-0.4, -0.2) is 27.1 Å². The lowest BCUT2D eigenvalue weighted by Gasteiger charge is -2.15. The second-order valence-corrected chi connectivity index (χ2v) is 5.15. The molecule has 0 saturated carbocycles. The molecule has 5 nitrogen and oxygen atoms in total. The molecular weight excluding hydrogens is 226 g/mol. The predicted molar refractivity (Wildman–Crippen MR) is 74.4 cm³/mol. The summed E-state index contributed by atoms with van der Waals surface area (Å²) in [5.41, 5.74) is 8.03. The van der Waals surface area contributed by atoms with Gasteiger partial charge in [-0.1, -0.05) is 13.8 Å². The molecule has 98 valence electrons. The lowest BCUT2D eigenvalue weighted by Crippen LogP contribution is -2.30. The van der Waals surface area contributed by atoms with E-state index in [1.54, 1.807) is 12.5 Å². The van der Waals surface area contributed by atoms with Gasteiger partial charge in [0.15, 0.2) is 5.82 Å². The molecule has 2 aromatic rings. The molecule has 0 amide bonds. The average molecular weight is 247 g/mol. The van der Waals surface area contributed by atoms with Crippen LogP contribution in [0.3, 0.4) is 0 Å². The van der Waals surface area contributed by atoms with Crippen molar-refractivity contribution in [2.24, 2.45) is 18.7 Å². The quantitative estimate of drug-likeness (QED) is 0.844. The van der Waals surface area contributed by atoms with Crippen LogP contribution in [0.1, 0.15) is 20.3 Å². The van der Waals surface area contributed by atoms with Crippen LogP contribution in [0.25, 0.3) is 11.0 Å². The molecule has 0 aliphatic rings. The number of nitrogens with zero attached hydrogens (tertiary/aromatic N) is 3. The number of nitrogens with one attached hydrogen (secondary N) is 1. The second-order valence-electron chi connectivity index (χ2n) is 5.15. The summed E-state index contributed by atoms with van der Waals surface area (Å²) in [4.78, 5) is 8.68. The lowest BCUT2D eigenvalue weighted by molar-refractivity contribution is 0.508. The third-order valence-electron chi connectivity index (χ3n) is 2.95. The van der Waals surface area contributed by atoms with E-state index in [0.717, 1.165) is 29.8 Å². The zero-order chi connectivity index (χ0) is 13.1. The zero-order valence-corrected chi connectivity index (χ0v) is 11.2. The van der Waals surface area contributed by atoms with Crippen molar-refractivity contribution in [3.63, 3.8) is 0 Å². The Morgan fingerprint density at radius 3 is 2.89 bits per heavy atom. The first kappa shape index (κ1) is 12.8. The Hall–Kier alpha value is -1.62. The summed E-state index contributed by atoms with van der Waals surface area (Å²) in [6.07, 6.45) is 4.59. The van der Waals surface area contributed by atoms with Gasteiger partial charge in [0.2, 0.25) is 0 Å². The summed E-state index contributed by atoms with van der Waals surface area (Å²) >= 11 is 0. The number of anilines is 1. The third kappa shape index (κ3) is 2.79. The van der Waals surface area contributed by atoms with Crippen LogP contribution in [-0.2, 0) is 7.05 Å². The highest BCUT2D eigenvalue weighted by atomic mass is 15.1. The predicted octanol–water partition coefficient (Wildman–Crippen LogP) is 1.75. The van der Waals surface area contributed by atoms with Gasteiger partial charge in [0.05, 0.1) is 11.8 Å². The van der Waals surface area contributed by atoms with E-state index in [1.807, 2.05) is 17.7 Å². The van der Waals surface area contributed by atoms with E-state index in [-0.39, 0.29) is 6.04 Å². The van der Waals surface area contributed by atoms with Gasteiger partial charge in [0.1, 0.15) is 5.52 Å². The summed E-state index contributed by atoms with van der Waals surface area (Å²) < 4.78 is 1.98. The summed E-state index contributed by atoms with van der Waals surface area (Å²) in [5, 5.41) is 3.29. The Kier molecular flexibility index (Phi) is 3.81. The minimum atomic E-state index is 0.144. The fraction of sp³-hybridized carbons (Fsp3) is 0.538. The van der Waals surface area contributed by atoms with Gasteiger partial charge in [-0.2, -0.15) is 0 Å². The number of rotatable bonds is 5. The average Bonchev–Trinajstić information content (AvgIpc) is 2.68. The first-order valence-electron chi connectivity index (χ1n) is 6.33. The Morgan fingerprint density at radius 1 is 1.39 bits per heavy atom. The molecule has 5 heteroatoms. The maximum absolute atomic E-state index is 6.06. The first-order valence-corrected chi connectivity index (χ1v) is 6.33. The fourth-order valence-electron chi connectivity index (χ4n) is 2.11. The minimum Gasteiger partial charge on any atom is -0.367 e. The van der Waals surface area contributed by atoms with E-state index < -0.39 is 0 Å². The van der Waals surface area contributed by atoms with Crippen LogP contribution >= 0.6 is 0 Å². The van der Waals surface area contributed by atoms with Crippen molar-refractivity contribution < 1.29 is 0 Å². The minimum absolute atomic E-state index is 0.144. The highest BCUT2D eigenvalue weighted by Gasteiger charge is 2.09. The van der Waals surface area contributed by atoms with Gasteiger partial charge >= 0.3 is 0 Å². The van der Waals surface area contributed by atoms with Gasteiger partial charge in [0, 0.05) is 25.8 Å². The van der Waals surface area contributed by atoms with Gasteiger partial charge in [-0.3, -0.25) is 0 Å². The molecule has 0 aliphatic heterocycles. The fourth-order valence-corrected chi connectivity index (χ4v) is 2.11. The summed E-state index contributed by atoms with van der Waals surface area (Å²) in [6.45, 7) is 5.08. The Balaban J connectivity index is 2.08. The van der Waals surface area contributed by atoms with E-state index >= 15 is 0 Å². The highest BCUT2D eigenvalue weighted by molar-refractivity contribution is 5.85. The highest BCUT2D eigenvalue weighted by Crippen LogP contribution is 2.18. The molecule has 0 bridgehead atoms. The molecule has 3 N–H and O–H groups in total. The van der Waals surface area contributed by atoms with Crippen molar-refractivity contribution in [1.82, 2.24) is 14.5 Å². The van der Waals surface area contributed by atoms with Gasteiger partial charge in [-0.15, -0.1) is 0 Å². The normalized spacial score (nSPS) is 13.2. The molecule has 0 aromatic carbocycles. The van der Waals surface area contributed by atoms with Crippen LogP contribution in [0.5, 0.6) is 0 Å². The van der Waals surface area contributed by atoms with Crippen LogP contribution in [0.15, 0.2) is 18.6 Å². The Bertz CT molecular complexity index is 517. The van der Waals surface area contributed by atoms with Crippen molar-refractivity contribution in [3.05, 3.63) is 18.6 Å². The van der Waals surface area contributed by atoms with Gasteiger partial charge in [0.25, 0.3) is 0 Å². The van der Waals surface area contributed by atoms with Crippen molar-refractivity contribution in [2.75, 3.05) is 11.9 Å². The van der Waals surface area contributed by atoms with E-state index in [4.69, 9.17) is 5.73 Å². The van der Waals surface area contributed by atoms with Crippen molar-refractivity contribution in [2.45, 2.75) is 26.3 Å². The van der Waals surface area contributed by atoms with Crippen LogP contribution < -0.4 is 11.1 Å². The molecule has 0 radical (unpaired) electrons. The molecule has 2 rings (SSSR count). The maximum atomic E-state index is 6.06. The van der Waals surface area contributed by atoms with Gasteiger partial charge in [-0.25, -0.2) is 9.97 Å². The van der Waals surface area contributed by atoms with Gasteiger partial charge in [-0.05, 0) is 18.4 Å². The molecule has 0 saturated heterocycles. The summed E-state index contributed by atoms with van der Waals surface area (Å²) in [7, 11) is 1.98. The molecule has 2 aromatic heterocycles. The topological polar surface area (TPSA) is 68.8 Å². The van der Waals surface area contributed by atoms with Crippen LogP contribution in [0, 0.1) is 5.92 Å². The third-order valence-corrected chi connectivity index (χ3v) is 2.95. The van der Waals surface area contributed by atoms with E-state index in [1.165, 1.54) is 0 Å². The summed E-state index contributed by atoms with van der Waals surface area (Å²) in [6, 6.07) is 2.10. The molecule has 1 unspecified atom stereocenters. The van der Waals surface area contributed by atoms with Crippen molar-refractivity contribution in [3.8, 4) is 0 Å². The van der Waals surface area contributed by atoms with E-state index in [2.05, 4.69) is 29.1 Å².